The molecule has 1 aromatic rings. The van der Waals surface area contributed by atoms with E-state index in [2.05, 4.69) is 15.3 Å². The lowest BCUT2D eigenvalue weighted by molar-refractivity contribution is -0.136. The molecule has 1 heterocycles. The second-order valence-corrected chi connectivity index (χ2v) is 4.87. The Kier molecular flexibility index (Phi) is 2.46. The fourth-order valence-electron chi connectivity index (χ4n) is 1.80. The van der Waals surface area contributed by atoms with Crippen LogP contribution in [0.4, 0.5) is 5.82 Å². The Balaban J connectivity index is 1.84. The predicted molar refractivity (Wildman–Crippen MR) is 62.0 cm³/mol. The smallest absolute Gasteiger partial charge is 0.309 e. The molecular formula is C12H15N3O2. The van der Waals surface area contributed by atoms with Crippen molar-refractivity contribution in [2.24, 2.45) is 0 Å². The topological polar surface area (TPSA) is 75.1 Å². The predicted octanol–water partition coefficient (Wildman–Crippen LogP) is 1.56. The quantitative estimate of drug-likeness (QED) is 0.807. The first-order chi connectivity index (χ1) is 8.20. The van der Waals surface area contributed by atoms with Gasteiger partial charge in [-0.1, -0.05) is 0 Å². The van der Waals surface area contributed by atoms with Crippen LogP contribution in [0.5, 0.6) is 0 Å². The fourth-order valence-corrected chi connectivity index (χ4v) is 1.80. The Labute approximate surface area is 99.3 Å². The highest BCUT2D eigenvalue weighted by Crippen LogP contribution is 2.38. The van der Waals surface area contributed by atoms with Gasteiger partial charge >= 0.3 is 5.97 Å². The number of hydrogen-bond donors (Lipinski definition) is 2. The zero-order valence-corrected chi connectivity index (χ0v) is 9.52. The molecule has 2 saturated carbocycles. The number of aromatic nitrogens is 2. The van der Waals surface area contributed by atoms with Gasteiger partial charge in [-0.2, -0.15) is 0 Å². The van der Waals surface area contributed by atoms with Crippen LogP contribution in [0, 0.1) is 0 Å². The summed E-state index contributed by atoms with van der Waals surface area (Å²) in [6.07, 6.45) is 4.58. The van der Waals surface area contributed by atoms with Crippen molar-refractivity contribution in [2.75, 3.05) is 5.32 Å². The van der Waals surface area contributed by atoms with E-state index in [1.807, 2.05) is 0 Å². The van der Waals surface area contributed by atoms with E-state index in [-0.39, 0.29) is 6.42 Å². The number of carboxylic acid groups (broad SMARTS) is 1. The number of hydrogen-bond acceptors (Lipinski definition) is 4. The zero-order chi connectivity index (χ0) is 11.8. The third kappa shape index (κ3) is 2.72. The van der Waals surface area contributed by atoms with Crippen molar-refractivity contribution in [1.29, 1.82) is 0 Å². The lowest BCUT2D eigenvalue weighted by atomic mass is 10.2. The van der Waals surface area contributed by atoms with Gasteiger partial charge in [-0.05, 0) is 25.7 Å². The summed E-state index contributed by atoms with van der Waals surface area (Å²) >= 11 is 0. The average molecular weight is 233 g/mol. The Bertz CT molecular complexity index is 453. The largest absolute Gasteiger partial charge is 0.481 e. The van der Waals surface area contributed by atoms with Crippen molar-refractivity contribution in [3.8, 4) is 0 Å². The maximum Gasteiger partial charge on any atom is 0.309 e. The van der Waals surface area contributed by atoms with Gasteiger partial charge in [-0.3, -0.25) is 4.79 Å². The molecule has 2 aliphatic rings. The molecule has 2 fully saturated rings. The normalized spacial score (nSPS) is 19.1. The Morgan fingerprint density at radius 3 is 2.71 bits per heavy atom. The van der Waals surface area contributed by atoms with Gasteiger partial charge in [0.25, 0.3) is 0 Å². The van der Waals surface area contributed by atoms with Gasteiger partial charge in [-0.25, -0.2) is 9.97 Å². The molecule has 0 spiro atoms. The maximum absolute atomic E-state index is 10.7. The van der Waals surface area contributed by atoms with Gasteiger partial charge in [-0.15, -0.1) is 0 Å². The van der Waals surface area contributed by atoms with Crippen molar-refractivity contribution in [3.05, 3.63) is 17.6 Å². The molecular weight excluding hydrogens is 218 g/mol. The minimum atomic E-state index is -0.845. The number of carboxylic acids is 1. The summed E-state index contributed by atoms with van der Waals surface area (Å²) in [6, 6.07) is 2.29. The summed E-state index contributed by atoms with van der Waals surface area (Å²) in [7, 11) is 0. The van der Waals surface area contributed by atoms with Crippen LogP contribution in [-0.4, -0.2) is 27.1 Å². The Morgan fingerprint density at radius 2 is 2.12 bits per heavy atom. The van der Waals surface area contributed by atoms with E-state index in [4.69, 9.17) is 5.11 Å². The van der Waals surface area contributed by atoms with Crippen LogP contribution in [0.2, 0.25) is 0 Å². The van der Waals surface area contributed by atoms with Crippen LogP contribution >= 0.6 is 0 Å². The zero-order valence-electron chi connectivity index (χ0n) is 9.52. The van der Waals surface area contributed by atoms with Crippen LogP contribution < -0.4 is 5.32 Å². The first-order valence-electron chi connectivity index (χ1n) is 6.07. The van der Waals surface area contributed by atoms with E-state index in [1.54, 1.807) is 6.07 Å². The van der Waals surface area contributed by atoms with Gasteiger partial charge in [0.15, 0.2) is 0 Å². The summed E-state index contributed by atoms with van der Waals surface area (Å²) in [5.41, 5.74) is 0.609. The number of carbonyl (C=O) groups is 1. The van der Waals surface area contributed by atoms with Crippen molar-refractivity contribution in [3.63, 3.8) is 0 Å². The van der Waals surface area contributed by atoms with E-state index in [9.17, 15) is 4.79 Å². The monoisotopic (exact) mass is 233 g/mol. The van der Waals surface area contributed by atoms with E-state index in [0.29, 0.717) is 17.7 Å². The maximum atomic E-state index is 10.7. The Morgan fingerprint density at radius 1 is 1.35 bits per heavy atom. The molecule has 0 unspecified atom stereocenters. The molecule has 0 aliphatic heterocycles. The number of anilines is 1. The van der Waals surface area contributed by atoms with Crippen molar-refractivity contribution < 1.29 is 9.90 Å². The lowest BCUT2D eigenvalue weighted by Gasteiger charge is -2.07. The first-order valence-corrected chi connectivity index (χ1v) is 6.07. The summed E-state index contributed by atoms with van der Waals surface area (Å²) in [5.74, 6) is 1.21. The van der Waals surface area contributed by atoms with Crippen LogP contribution in [0.25, 0.3) is 0 Å². The minimum Gasteiger partial charge on any atom is -0.481 e. The summed E-state index contributed by atoms with van der Waals surface area (Å²) in [6.45, 7) is 0. The average Bonchev–Trinajstić information content (AvgIpc) is 3.12. The molecule has 0 saturated heterocycles. The molecule has 17 heavy (non-hydrogen) atoms. The van der Waals surface area contributed by atoms with Crippen LogP contribution in [0.15, 0.2) is 6.07 Å². The summed E-state index contributed by atoms with van der Waals surface area (Å²) < 4.78 is 0. The van der Waals surface area contributed by atoms with Gasteiger partial charge in [0.1, 0.15) is 11.6 Å². The highest BCUT2D eigenvalue weighted by Gasteiger charge is 2.28. The highest BCUT2D eigenvalue weighted by atomic mass is 16.4. The van der Waals surface area contributed by atoms with E-state index in [0.717, 1.165) is 24.5 Å². The lowest BCUT2D eigenvalue weighted by Crippen LogP contribution is -2.10. The molecule has 2 N–H and O–H groups in total. The number of nitrogens with one attached hydrogen (secondary N) is 1. The molecule has 0 atom stereocenters. The number of rotatable bonds is 5. The van der Waals surface area contributed by atoms with Crippen molar-refractivity contribution in [1.82, 2.24) is 9.97 Å². The molecule has 0 bridgehead atoms. The van der Waals surface area contributed by atoms with E-state index < -0.39 is 5.97 Å². The fraction of sp³-hybridized carbons (Fsp3) is 0.583. The highest BCUT2D eigenvalue weighted by molar-refractivity contribution is 5.69. The van der Waals surface area contributed by atoms with E-state index >= 15 is 0 Å². The second kappa shape index (κ2) is 3.98. The molecule has 0 radical (unpaired) electrons. The van der Waals surface area contributed by atoms with Gasteiger partial charge in [0, 0.05) is 18.0 Å². The van der Waals surface area contributed by atoms with E-state index in [1.165, 1.54) is 12.8 Å². The number of aliphatic carboxylic acids is 1. The first kappa shape index (κ1) is 10.5. The molecule has 3 rings (SSSR count). The molecule has 0 amide bonds. The summed E-state index contributed by atoms with van der Waals surface area (Å²) in [5, 5.41) is 12.1. The summed E-state index contributed by atoms with van der Waals surface area (Å²) in [4.78, 5) is 19.5. The molecule has 2 aliphatic carbocycles. The SMILES string of the molecule is O=C(O)Cc1cc(NC2CC2)nc(C2CC2)n1. The molecule has 0 aromatic carbocycles. The molecule has 5 heteroatoms. The van der Waals surface area contributed by atoms with Gasteiger partial charge < -0.3 is 10.4 Å². The molecule has 1 aromatic heterocycles. The van der Waals surface area contributed by atoms with Crippen LogP contribution in [0.3, 0.4) is 0 Å². The molecule has 90 valence electrons. The van der Waals surface area contributed by atoms with Crippen LogP contribution in [0.1, 0.15) is 43.1 Å². The second-order valence-electron chi connectivity index (χ2n) is 4.87. The third-order valence-electron chi connectivity index (χ3n) is 3.00. The van der Waals surface area contributed by atoms with Crippen LogP contribution in [-0.2, 0) is 11.2 Å². The Hall–Kier alpha value is -1.65. The van der Waals surface area contributed by atoms with Gasteiger partial charge in [0.05, 0.1) is 12.1 Å². The minimum absolute atomic E-state index is 0.0262. The van der Waals surface area contributed by atoms with Crippen molar-refractivity contribution >= 4 is 11.8 Å². The third-order valence-corrected chi connectivity index (χ3v) is 3.00. The van der Waals surface area contributed by atoms with Gasteiger partial charge in [0.2, 0.25) is 0 Å². The van der Waals surface area contributed by atoms with Crippen molar-refractivity contribution in [2.45, 2.75) is 44.1 Å². The standard InChI is InChI=1S/C12H15N3O2/c16-11(17)6-9-5-10(13-8-3-4-8)15-12(14-9)7-1-2-7/h5,7-8H,1-4,6H2,(H,16,17)(H,13,14,15). The number of nitrogens with zero attached hydrogens (tertiary/aromatic N) is 2. The molecule has 5 nitrogen and oxygen atoms in total.